The minimum absolute atomic E-state index is 0. The number of carbonyl (C=O) groups is 1. The number of hydrogen-bond acceptors (Lipinski definition) is 3. The summed E-state index contributed by atoms with van der Waals surface area (Å²) < 4.78 is 13.7. The second-order valence-electron chi connectivity index (χ2n) is 7.47. The van der Waals surface area contributed by atoms with Gasteiger partial charge >= 0.3 is 0 Å². The fourth-order valence-corrected chi connectivity index (χ4v) is 4.22. The van der Waals surface area contributed by atoms with Crippen LogP contribution in [0.3, 0.4) is 0 Å². The second kappa shape index (κ2) is 10.4. The molecule has 0 spiro atoms. The highest BCUT2D eigenvalue weighted by atomic mass is 35.5. The lowest BCUT2D eigenvalue weighted by Gasteiger charge is -2.41. The maximum absolute atomic E-state index is 13.7. The summed E-state index contributed by atoms with van der Waals surface area (Å²) >= 11 is 0. The molecule has 1 fully saturated rings. The molecule has 29 heavy (non-hydrogen) atoms. The summed E-state index contributed by atoms with van der Waals surface area (Å²) in [6.07, 6.45) is 0.975. The van der Waals surface area contributed by atoms with E-state index in [0.717, 1.165) is 31.6 Å². The first kappa shape index (κ1) is 23.6. The third-order valence-electron chi connectivity index (χ3n) is 5.83. The maximum atomic E-state index is 13.7. The number of nitrogens with one attached hydrogen (secondary N) is 1. The minimum Gasteiger partial charge on any atom is -0.332 e. The predicted octanol–water partition coefficient (Wildman–Crippen LogP) is 3.59. The Morgan fingerprint density at radius 3 is 2.62 bits per heavy atom. The number of rotatable bonds is 3. The number of benzene rings is 2. The van der Waals surface area contributed by atoms with E-state index in [1.54, 1.807) is 12.1 Å². The maximum Gasteiger partial charge on any atom is 0.240 e. The molecule has 2 aliphatic heterocycles. The number of hydrogen-bond donors (Lipinski definition) is 1. The first-order valence-electron chi connectivity index (χ1n) is 9.71. The summed E-state index contributed by atoms with van der Waals surface area (Å²) in [6.45, 7) is 5.77. The molecule has 1 N–H and O–H groups in total. The summed E-state index contributed by atoms with van der Waals surface area (Å²) in [5, 5.41) is 3.34. The van der Waals surface area contributed by atoms with Crippen LogP contribution in [0.2, 0.25) is 0 Å². The minimum atomic E-state index is -0.258. The van der Waals surface area contributed by atoms with Gasteiger partial charge in [-0.05, 0) is 42.2 Å². The van der Waals surface area contributed by atoms with Crippen LogP contribution in [0.5, 0.6) is 0 Å². The van der Waals surface area contributed by atoms with E-state index in [4.69, 9.17) is 0 Å². The summed E-state index contributed by atoms with van der Waals surface area (Å²) in [5.41, 5.74) is 3.55. The topological polar surface area (TPSA) is 35.6 Å². The Morgan fingerprint density at radius 1 is 1.10 bits per heavy atom. The number of nitrogens with zero attached hydrogens (tertiary/aromatic N) is 2. The largest absolute Gasteiger partial charge is 0.332 e. The Bertz CT molecular complexity index is 835. The van der Waals surface area contributed by atoms with Gasteiger partial charge in [0.05, 0.1) is 12.1 Å². The van der Waals surface area contributed by atoms with Crippen molar-refractivity contribution < 1.29 is 9.18 Å². The fourth-order valence-electron chi connectivity index (χ4n) is 4.22. The number of carbonyl (C=O) groups excluding carboxylic acids is 1. The van der Waals surface area contributed by atoms with Crippen LogP contribution in [-0.4, -0.2) is 47.9 Å². The molecule has 2 heterocycles. The Hall–Kier alpha value is -1.66. The molecule has 0 radical (unpaired) electrons. The zero-order valence-corrected chi connectivity index (χ0v) is 18.1. The molecule has 2 aromatic rings. The van der Waals surface area contributed by atoms with Crippen LogP contribution in [0.25, 0.3) is 0 Å². The van der Waals surface area contributed by atoms with E-state index >= 15 is 0 Å². The van der Waals surface area contributed by atoms with Gasteiger partial charge in [0, 0.05) is 32.7 Å². The molecule has 1 amide bonds. The fraction of sp³-hybridized carbons (Fsp3) is 0.409. The van der Waals surface area contributed by atoms with Crippen LogP contribution < -0.4 is 5.32 Å². The van der Waals surface area contributed by atoms with Gasteiger partial charge in [0.15, 0.2) is 0 Å². The van der Waals surface area contributed by atoms with Crippen LogP contribution in [0, 0.1) is 5.82 Å². The monoisotopic (exact) mass is 439 g/mol. The molecule has 2 aromatic carbocycles. The smallest absolute Gasteiger partial charge is 0.240 e. The zero-order valence-electron chi connectivity index (χ0n) is 16.5. The molecule has 2 unspecified atom stereocenters. The molecule has 0 saturated carbocycles. The van der Waals surface area contributed by atoms with Crippen molar-refractivity contribution >= 4 is 30.7 Å². The second-order valence-corrected chi connectivity index (χ2v) is 7.47. The van der Waals surface area contributed by atoms with Crippen molar-refractivity contribution in [1.29, 1.82) is 0 Å². The molecular weight excluding hydrogens is 412 g/mol. The van der Waals surface area contributed by atoms with Crippen molar-refractivity contribution in [2.24, 2.45) is 0 Å². The number of halogens is 3. The van der Waals surface area contributed by atoms with Gasteiger partial charge in [0.1, 0.15) is 5.82 Å². The molecular formula is C22H28Cl2FN3O. The first-order chi connectivity index (χ1) is 13.1. The van der Waals surface area contributed by atoms with Crippen molar-refractivity contribution in [2.75, 3.05) is 26.2 Å². The molecule has 158 valence electrons. The summed E-state index contributed by atoms with van der Waals surface area (Å²) in [5.74, 6) is -0.128. The average molecular weight is 440 g/mol. The third-order valence-corrected chi connectivity index (χ3v) is 5.83. The van der Waals surface area contributed by atoms with Gasteiger partial charge in [-0.25, -0.2) is 4.39 Å². The molecule has 4 rings (SSSR count). The van der Waals surface area contributed by atoms with Crippen molar-refractivity contribution in [3.8, 4) is 0 Å². The van der Waals surface area contributed by atoms with Crippen LogP contribution >= 0.6 is 24.8 Å². The molecule has 7 heteroatoms. The normalized spacial score (nSPS) is 20.1. The van der Waals surface area contributed by atoms with Gasteiger partial charge in [-0.15, -0.1) is 24.8 Å². The third kappa shape index (κ3) is 5.10. The van der Waals surface area contributed by atoms with Crippen LogP contribution in [0.1, 0.15) is 29.7 Å². The van der Waals surface area contributed by atoms with E-state index in [-0.39, 0.29) is 48.6 Å². The van der Waals surface area contributed by atoms with Gasteiger partial charge in [-0.1, -0.05) is 36.4 Å². The van der Waals surface area contributed by atoms with Gasteiger partial charge in [-0.3, -0.25) is 9.69 Å². The van der Waals surface area contributed by atoms with Crippen LogP contribution in [-0.2, 0) is 17.8 Å². The predicted molar refractivity (Wildman–Crippen MR) is 118 cm³/mol. The Morgan fingerprint density at radius 2 is 1.86 bits per heavy atom. The lowest BCUT2D eigenvalue weighted by molar-refractivity contribution is -0.140. The summed E-state index contributed by atoms with van der Waals surface area (Å²) in [7, 11) is 0. The lowest BCUT2D eigenvalue weighted by Crippen LogP contribution is -2.55. The summed E-state index contributed by atoms with van der Waals surface area (Å²) in [6, 6.07) is 14.8. The van der Waals surface area contributed by atoms with Gasteiger partial charge in [0.2, 0.25) is 5.91 Å². The molecule has 0 aromatic heterocycles. The molecule has 4 nitrogen and oxygen atoms in total. The summed E-state index contributed by atoms with van der Waals surface area (Å²) in [4.78, 5) is 17.5. The highest BCUT2D eigenvalue weighted by molar-refractivity contribution is 5.85. The lowest BCUT2D eigenvalue weighted by atomic mass is 9.98. The average Bonchev–Trinajstić information content (AvgIpc) is 2.72. The quantitative estimate of drug-likeness (QED) is 0.793. The standard InChI is InChI=1S/C22H26FN3O.2ClH/c1-16(25-11-9-17-5-2-3-6-19(17)15-25)22(27)26-12-10-24-14-21(26)18-7-4-8-20(23)13-18;;/h2-8,13,16,21,24H,9-12,14-15H2,1H3;2*1H. The molecule has 2 aliphatic rings. The Kier molecular flexibility index (Phi) is 8.46. The van der Waals surface area contributed by atoms with Gasteiger partial charge < -0.3 is 10.2 Å². The van der Waals surface area contributed by atoms with E-state index in [1.165, 1.54) is 17.2 Å². The van der Waals surface area contributed by atoms with E-state index in [1.807, 2.05) is 17.9 Å². The van der Waals surface area contributed by atoms with Crippen molar-refractivity contribution in [3.05, 3.63) is 71.0 Å². The Labute approximate surface area is 184 Å². The highest BCUT2D eigenvalue weighted by Crippen LogP contribution is 2.26. The van der Waals surface area contributed by atoms with Gasteiger partial charge in [-0.2, -0.15) is 0 Å². The first-order valence-corrected chi connectivity index (χ1v) is 9.71. The molecule has 0 bridgehead atoms. The number of piperazine rings is 1. The van der Waals surface area contributed by atoms with Crippen molar-refractivity contribution in [3.63, 3.8) is 0 Å². The van der Waals surface area contributed by atoms with Gasteiger partial charge in [0.25, 0.3) is 0 Å². The van der Waals surface area contributed by atoms with E-state index in [9.17, 15) is 9.18 Å². The SMILES string of the molecule is CC(C(=O)N1CCNCC1c1cccc(F)c1)N1CCc2ccccc2C1.Cl.Cl. The van der Waals surface area contributed by atoms with E-state index in [2.05, 4.69) is 34.5 Å². The highest BCUT2D eigenvalue weighted by Gasteiger charge is 2.34. The molecule has 1 saturated heterocycles. The zero-order chi connectivity index (χ0) is 18.8. The van der Waals surface area contributed by atoms with Crippen molar-refractivity contribution in [1.82, 2.24) is 15.1 Å². The number of fused-ring (bicyclic) bond motifs is 1. The Balaban J connectivity index is 0.00000150. The van der Waals surface area contributed by atoms with E-state index in [0.29, 0.717) is 13.1 Å². The molecule has 2 atom stereocenters. The van der Waals surface area contributed by atoms with Crippen molar-refractivity contribution in [2.45, 2.75) is 32.0 Å². The van der Waals surface area contributed by atoms with Crippen LogP contribution in [0.15, 0.2) is 48.5 Å². The van der Waals surface area contributed by atoms with Crippen LogP contribution in [0.4, 0.5) is 4.39 Å². The number of amides is 1. The molecule has 0 aliphatic carbocycles. The van der Waals surface area contributed by atoms with E-state index < -0.39 is 0 Å².